The normalized spacial score (nSPS) is 13.1. The van der Waals surface area contributed by atoms with Crippen molar-refractivity contribution in [3.05, 3.63) is 119 Å². The van der Waals surface area contributed by atoms with Crippen molar-refractivity contribution < 1.29 is 42.9 Å². The van der Waals surface area contributed by atoms with Crippen LogP contribution in [-0.2, 0) is 30.4 Å². The maximum Gasteiger partial charge on any atom is 0.357 e. The molecule has 0 bridgehead atoms. The van der Waals surface area contributed by atoms with E-state index in [1.54, 1.807) is 68.4 Å². The lowest BCUT2D eigenvalue weighted by atomic mass is 9.94. The van der Waals surface area contributed by atoms with Gasteiger partial charge in [0, 0.05) is 40.0 Å². The summed E-state index contributed by atoms with van der Waals surface area (Å²) in [5, 5.41) is 13.3. The Bertz CT molecular complexity index is 2190. The Balaban J connectivity index is 1.52. The summed E-state index contributed by atoms with van der Waals surface area (Å²) in [5.74, 6) is -4.00. The second-order valence-electron chi connectivity index (χ2n) is 13.9. The molecule has 1 aromatic heterocycles. The average Bonchev–Trinajstić information content (AvgIpc) is 4.07. The average molecular weight is 791 g/mol. The van der Waals surface area contributed by atoms with E-state index < -0.39 is 54.2 Å². The first kappa shape index (κ1) is 42.3. The van der Waals surface area contributed by atoms with Crippen molar-refractivity contribution >= 4 is 47.3 Å². The van der Waals surface area contributed by atoms with E-state index in [-0.39, 0.29) is 40.7 Å². The second-order valence-corrected chi connectivity index (χ2v) is 13.9. The van der Waals surface area contributed by atoms with Gasteiger partial charge in [-0.3, -0.25) is 19.8 Å². The first-order valence-corrected chi connectivity index (χ1v) is 18.5. The van der Waals surface area contributed by atoms with Crippen LogP contribution >= 0.6 is 0 Å². The number of rotatable bonds is 18. The summed E-state index contributed by atoms with van der Waals surface area (Å²) >= 11 is 0. The lowest BCUT2D eigenvalue weighted by Gasteiger charge is -2.21. The first-order chi connectivity index (χ1) is 27.8. The predicted molar refractivity (Wildman–Crippen MR) is 216 cm³/mol. The number of benzene rings is 3. The zero-order valence-electron chi connectivity index (χ0n) is 32.4. The minimum Gasteiger partial charge on any atom is -0.496 e. The molecule has 1 aliphatic carbocycles. The number of carbonyl (C=O) groups is 5. The number of carbonyl (C=O) groups excluding carboxylic acids is 5. The van der Waals surface area contributed by atoms with Gasteiger partial charge in [-0.25, -0.2) is 14.6 Å². The highest BCUT2D eigenvalue weighted by molar-refractivity contribution is 6.11. The number of amidine groups is 1. The maximum absolute atomic E-state index is 14.2. The molecule has 5 rings (SSSR count). The molecule has 58 heavy (non-hydrogen) atoms. The number of nitrogens with one attached hydrogen (secondary N) is 3. The maximum atomic E-state index is 14.2. The Morgan fingerprint density at radius 2 is 1.64 bits per heavy atom. The number of amides is 2. The number of hydrogen-bond donors (Lipinski definition) is 5. The van der Waals surface area contributed by atoms with Crippen LogP contribution in [-0.4, -0.2) is 72.9 Å². The minimum atomic E-state index is -1.72. The van der Waals surface area contributed by atoms with Crippen LogP contribution in [0.3, 0.4) is 0 Å². The van der Waals surface area contributed by atoms with Gasteiger partial charge in [0.15, 0.2) is 5.69 Å². The van der Waals surface area contributed by atoms with Crippen LogP contribution in [0.5, 0.6) is 5.75 Å². The number of nitrogens with two attached hydrogens (primary N) is 2. The molecule has 0 unspecified atom stereocenters. The van der Waals surface area contributed by atoms with Crippen molar-refractivity contribution in [2.45, 2.75) is 45.4 Å². The number of nitrogens with zero attached hydrogens (tertiary/aromatic N) is 1. The van der Waals surface area contributed by atoms with Gasteiger partial charge < -0.3 is 41.0 Å². The number of nitrogen functional groups attached to an aromatic ring is 1. The van der Waals surface area contributed by atoms with E-state index in [9.17, 15) is 24.0 Å². The zero-order valence-corrected chi connectivity index (χ0v) is 32.4. The van der Waals surface area contributed by atoms with Crippen molar-refractivity contribution in [1.82, 2.24) is 10.3 Å². The molecule has 0 aliphatic heterocycles. The van der Waals surface area contributed by atoms with Crippen molar-refractivity contribution in [2.75, 3.05) is 25.6 Å². The number of anilines is 1. The highest BCUT2D eigenvalue weighted by Crippen LogP contribution is 2.35. The van der Waals surface area contributed by atoms with E-state index in [2.05, 4.69) is 22.2 Å². The largest absolute Gasteiger partial charge is 0.496 e. The van der Waals surface area contributed by atoms with Crippen molar-refractivity contribution in [3.8, 4) is 16.9 Å². The van der Waals surface area contributed by atoms with Gasteiger partial charge >= 0.3 is 17.9 Å². The standard InChI is InChI=1S/C43H46N6O9/c1-5-27-19-32(39(50)48-29-15-13-28(14-16-29)38(45)46)31(20-34(27)55-4)30-17-18-33(40(51)47-21-25-11-12-25)49-37(30)43(54)57-23-35(58-42(53)36(44)24(2)3)41(52)56-22-26-9-7-6-8-10-26/h5-10,13-20,24-25,35-36H,1,11-12,21-23,44H2,2-4H3,(H3,45,46)(H,47,51)(H,48,50)/t35-,36+/m1/s1. The van der Waals surface area contributed by atoms with Crippen LogP contribution < -0.4 is 26.8 Å². The summed E-state index contributed by atoms with van der Waals surface area (Å²) in [6, 6.07) is 19.9. The molecule has 0 spiro atoms. The van der Waals surface area contributed by atoms with Gasteiger partial charge in [-0.15, -0.1) is 0 Å². The van der Waals surface area contributed by atoms with Crippen LogP contribution in [0.25, 0.3) is 17.2 Å². The Morgan fingerprint density at radius 1 is 0.931 bits per heavy atom. The van der Waals surface area contributed by atoms with Crippen LogP contribution in [0.15, 0.2) is 85.4 Å². The molecule has 15 heteroatoms. The highest BCUT2D eigenvalue weighted by Gasteiger charge is 2.32. The van der Waals surface area contributed by atoms with Crippen molar-refractivity contribution in [1.29, 1.82) is 5.41 Å². The number of methoxy groups -OCH3 is 1. The van der Waals surface area contributed by atoms with Gasteiger partial charge in [0.2, 0.25) is 6.10 Å². The summed E-state index contributed by atoms with van der Waals surface area (Å²) < 4.78 is 22.1. The second kappa shape index (κ2) is 19.3. The van der Waals surface area contributed by atoms with E-state index in [1.807, 2.05) is 0 Å². The van der Waals surface area contributed by atoms with Crippen LogP contribution in [0.2, 0.25) is 0 Å². The summed E-state index contributed by atoms with van der Waals surface area (Å²) in [6.45, 7) is 6.70. The lowest BCUT2D eigenvalue weighted by Crippen LogP contribution is -2.43. The number of pyridine rings is 1. The molecule has 2 amide bonds. The summed E-state index contributed by atoms with van der Waals surface area (Å²) in [7, 11) is 1.42. The molecular formula is C43H46N6O9. The van der Waals surface area contributed by atoms with Gasteiger partial charge in [-0.05, 0) is 78.8 Å². The van der Waals surface area contributed by atoms with E-state index in [0.717, 1.165) is 12.8 Å². The Labute approximate surface area is 335 Å². The van der Waals surface area contributed by atoms with E-state index in [1.165, 1.54) is 37.5 Å². The summed E-state index contributed by atoms with van der Waals surface area (Å²) in [4.78, 5) is 72.1. The number of esters is 3. The molecule has 4 aromatic rings. The van der Waals surface area contributed by atoms with E-state index >= 15 is 0 Å². The van der Waals surface area contributed by atoms with Gasteiger partial charge in [0.1, 0.15) is 36.5 Å². The lowest BCUT2D eigenvalue weighted by molar-refractivity contribution is -0.172. The fourth-order valence-corrected chi connectivity index (χ4v) is 5.57. The molecule has 0 saturated heterocycles. The third-order valence-corrected chi connectivity index (χ3v) is 9.25. The molecule has 7 N–H and O–H groups in total. The molecule has 3 aromatic carbocycles. The highest BCUT2D eigenvalue weighted by atomic mass is 16.6. The van der Waals surface area contributed by atoms with Crippen molar-refractivity contribution in [3.63, 3.8) is 0 Å². The van der Waals surface area contributed by atoms with Crippen LogP contribution in [0.1, 0.15) is 74.7 Å². The van der Waals surface area contributed by atoms with Gasteiger partial charge in [0.25, 0.3) is 11.8 Å². The fourth-order valence-electron chi connectivity index (χ4n) is 5.57. The third-order valence-electron chi connectivity index (χ3n) is 9.25. The van der Waals surface area contributed by atoms with Gasteiger partial charge in [-0.1, -0.05) is 56.8 Å². The van der Waals surface area contributed by atoms with Gasteiger partial charge in [-0.2, -0.15) is 0 Å². The minimum absolute atomic E-state index is 0.0621. The first-order valence-electron chi connectivity index (χ1n) is 18.5. The van der Waals surface area contributed by atoms with Gasteiger partial charge in [0.05, 0.1) is 7.11 Å². The molecule has 1 heterocycles. The molecule has 302 valence electrons. The SMILES string of the molecule is C=Cc1cc(C(=O)Nc2ccc(C(=N)N)cc2)c(-c2ccc(C(=O)NCC3CC3)nc2C(=O)OC[C@@H](OC(=O)[C@@H](N)C(C)C)C(=O)OCc2ccccc2)cc1OC. The molecule has 1 aliphatic rings. The quantitative estimate of drug-likeness (QED) is 0.0393. The predicted octanol–water partition coefficient (Wildman–Crippen LogP) is 4.87. The summed E-state index contributed by atoms with van der Waals surface area (Å²) in [6.07, 6.45) is 1.74. The molecule has 15 nitrogen and oxygen atoms in total. The Hall–Kier alpha value is -6.87. The van der Waals surface area contributed by atoms with Crippen LogP contribution in [0, 0.1) is 17.2 Å². The summed E-state index contributed by atoms with van der Waals surface area (Å²) in [5.41, 5.74) is 13.3. The molecule has 2 atom stereocenters. The van der Waals surface area contributed by atoms with Crippen molar-refractivity contribution in [2.24, 2.45) is 23.3 Å². The molecule has 1 fully saturated rings. The number of aromatic nitrogens is 1. The van der Waals surface area contributed by atoms with Crippen LogP contribution in [0.4, 0.5) is 5.69 Å². The number of hydrogen-bond acceptors (Lipinski definition) is 12. The fraction of sp³-hybridized carbons (Fsp3) is 0.279. The smallest absolute Gasteiger partial charge is 0.357 e. The third kappa shape index (κ3) is 10.9. The topological polar surface area (TPSA) is 235 Å². The Morgan fingerprint density at radius 3 is 2.26 bits per heavy atom. The monoisotopic (exact) mass is 790 g/mol. The molecular weight excluding hydrogens is 745 g/mol. The van der Waals surface area contributed by atoms with E-state index in [0.29, 0.717) is 40.6 Å². The number of ether oxygens (including phenoxy) is 4. The molecule has 0 radical (unpaired) electrons. The van der Waals surface area contributed by atoms with E-state index in [4.69, 9.17) is 35.8 Å². The zero-order chi connectivity index (χ0) is 41.9. The molecule has 1 saturated carbocycles. The Kier molecular flexibility index (Phi) is 14.1.